The van der Waals surface area contributed by atoms with Gasteiger partial charge in [-0.3, -0.25) is 0 Å². The summed E-state index contributed by atoms with van der Waals surface area (Å²) in [5.41, 5.74) is 0.372. The average molecular weight is 296 g/mol. The van der Waals surface area contributed by atoms with Crippen molar-refractivity contribution in [1.29, 1.82) is 0 Å². The van der Waals surface area contributed by atoms with Gasteiger partial charge in [0.1, 0.15) is 11.4 Å². The van der Waals surface area contributed by atoms with Crippen LogP contribution in [0, 0.1) is 0 Å². The number of carbonyl (C=O) groups is 1. The number of hydrogen-bond acceptors (Lipinski definition) is 5. The van der Waals surface area contributed by atoms with Crippen molar-refractivity contribution in [2.45, 2.75) is 58.6 Å². The van der Waals surface area contributed by atoms with Gasteiger partial charge in [-0.15, -0.1) is 0 Å². The molecule has 2 rings (SSSR count). The van der Waals surface area contributed by atoms with Crippen molar-refractivity contribution in [3.63, 3.8) is 0 Å². The molecule has 0 aliphatic heterocycles. The lowest BCUT2D eigenvalue weighted by atomic mass is 9.92. The molecule has 1 amide bonds. The van der Waals surface area contributed by atoms with Crippen molar-refractivity contribution >= 4 is 6.09 Å². The molecular formula is C15H24N2O4. The van der Waals surface area contributed by atoms with Crippen LogP contribution in [-0.4, -0.2) is 35.4 Å². The second-order valence-electron chi connectivity index (χ2n) is 6.26. The van der Waals surface area contributed by atoms with Crippen LogP contribution in [0.2, 0.25) is 0 Å². The molecule has 0 radical (unpaired) electrons. The third kappa shape index (κ3) is 3.49. The second-order valence-corrected chi connectivity index (χ2v) is 6.26. The summed E-state index contributed by atoms with van der Waals surface area (Å²) in [4.78, 5) is 13.9. The van der Waals surface area contributed by atoms with Gasteiger partial charge in [0, 0.05) is 13.5 Å². The predicted molar refractivity (Wildman–Crippen MR) is 77.3 cm³/mol. The molecule has 0 N–H and O–H groups in total. The quantitative estimate of drug-likeness (QED) is 0.856. The largest absolute Gasteiger partial charge is 0.476 e. The van der Waals surface area contributed by atoms with Crippen LogP contribution < -0.4 is 4.74 Å². The maximum absolute atomic E-state index is 12.3. The Morgan fingerprint density at radius 3 is 2.81 bits per heavy atom. The van der Waals surface area contributed by atoms with E-state index in [1.165, 1.54) is 0 Å². The molecule has 1 aromatic heterocycles. The Hall–Kier alpha value is -1.72. The molecule has 1 heterocycles. The highest BCUT2D eigenvalue weighted by Crippen LogP contribution is 2.39. The Morgan fingerprint density at radius 2 is 2.19 bits per heavy atom. The Bertz CT molecular complexity index is 504. The van der Waals surface area contributed by atoms with E-state index in [9.17, 15) is 4.79 Å². The third-order valence-corrected chi connectivity index (χ3v) is 3.41. The first-order valence-electron chi connectivity index (χ1n) is 7.40. The van der Waals surface area contributed by atoms with Gasteiger partial charge in [-0.2, -0.15) is 0 Å². The van der Waals surface area contributed by atoms with Gasteiger partial charge in [0.05, 0.1) is 18.2 Å². The van der Waals surface area contributed by atoms with E-state index in [2.05, 4.69) is 5.16 Å². The molecule has 0 aromatic carbocycles. The Balaban J connectivity index is 2.22. The van der Waals surface area contributed by atoms with Crippen LogP contribution >= 0.6 is 0 Å². The smallest absolute Gasteiger partial charge is 0.410 e. The number of hydrogen-bond donors (Lipinski definition) is 0. The molecule has 1 aromatic rings. The van der Waals surface area contributed by atoms with Gasteiger partial charge in [0.25, 0.3) is 5.88 Å². The molecule has 0 bridgehead atoms. The molecule has 0 saturated carbocycles. The molecule has 0 fully saturated rings. The molecule has 0 spiro atoms. The summed E-state index contributed by atoms with van der Waals surface area (Å²) in [5.74, 6) is 1.30. The summed E-state index contributed by atoms with van der Waals surface area (Å²) in [7, 11) is 1.75. The SMILES string of the molecule is CCOc1noc2c1C(N(C)C(=O)OC(C)(C)C)CCC2. The van der Waals surface area contributed by atoms with E-state index in [-0.39, 0.29) is 12.1 Å². The number of aromatic nitrogens is 1. The van der Waals surface area contributed by atoms with E-state index in [4.69, 9.17) is 14.0 Å². The summed E-state index contributed by atoms with van der Waals surface area (Å²) in [5, 5.41) is 3.98. The molecule has 1 aliphatic rings. The molecule has 6 heteroatoms. The maximum atomic E-state index is 12.3. The number of aryl methyl sites for hydroxylation is 1. The Morgan fingerprint density at radius 1 is 1.48 bits per heavy atom. The predicted octanol–water partition coefficient (Wildman–Crippen LogP) is 3.32. The number of amides is 1. The molecule has 21 heavy (non-hydrogen) atoms. The minimum atomic E-state index is -0.514. The van der Waals surface area contributed by atoms with Gasteiger partial charge >= 0.3 is 6.09 Å². The first-order valence-corrected chi connectivity index (χ1v) is 7.40. The average Bonchev–Trinajstić information content (AvgIpc) is 2.80. The van der Waals surface area contributed by atoms with Crippen molar-refractivity contribution in [2.24, 2.45) is 0 Å². The molecule has 0 saturated heterocycles. The van der Waals surface area contributed by atoms with Crippen LogP contribution in [0.3, 0.4) is 0 Å². The fourth-order valence-electron chi connectivity index (χ4n) is 2.51. The summed E-state index contributed by atoms with van der Waals surface area (Å²) in [6.45, 7) is 7.99. The van der Waals surface area contributed by atoms with E-state index >= 15 is 0 Å². The maximum Gasteiger partial charge on any atom is 0.410 e. The van der Waals surface area contributed by atoms with Crippen molar-refractivity contribution in [1.82, 2.24) is 10.1 Å². The van der Waals surface area contributed by atoms with Gasteiger partial charge in [-0.1, -0.05) is 0 Å². The van der Waals surface area contributed by atoms with Crippen LogP contribution in [0.25, 0.3) is 0 Å². The lowest BCUT2D eigenvalue weighted by Gasteiger charge is -2.32. The number of rotatable bonds is 3. The van der Waals surface area contributed by atoms with Crippen molar-refractivity contribution in [3.05, 3.63) is 11.3 Å². The van der Waals surface area contributed by atoms with E-state index < -0.39 is 5.60 Å². The van der Waals surface area contributed by atoms with Crippen molar-refractivity contribution in [2.75, 3.05) is 13.7 Å². The Labute approximate surface area is 125 Å². The minimum absolute atomic E-state index is 0.114. The highest BCUT2D eigenvalue weighted by Gasteiger charge is 2.35. The first kappa shape index (κ1) is 15.7. The summed E-state index contributed by atoms with van der Waals surface area (Å²) >= 11 is 0. The molecule has 1 aliphatic carbocycles. The van der Waals surface area contributed by atoms with Gasteiger partial charge in [0.15, 0.2) is 0 Å². The van der Waals surface area contributed by atoms with Gasteiger partial charge in [-0.25, -0.2) is 4.79 Å². The van der Waals surface area contributed by atoms with E-state index in [0.717, 1.165) is 30.6 Å². The van der Waals surface area contributed by atoms with Crippen LogP contribution in [0.5, 0.6) is 5.88 Å². The Kier molecular flexibility index (Phi) is 4.44. The van der Waals surface area contributed by atoms with Gasteiger partial charge < -0.3 is 18.9 Å². The third-order valence-electron chi connectivity index (χ3n) is 3.41. The van der Waals surface area contributed by atoms with E-state index in [1.54, 1.807) is 11.9 Å². The van der Waals surface area contributed by atoms with E-state index in [0.29, 0.717) is 12.5 Å². The highest BCUT2D eigenvalue weighted by molar-refractivity contribution is 5.68. The molecule has 118 valence electrons. The standard InChI is InChI=1S/C15H24N2O4/c1-6-19-13-12-10(8-7-9-11(12)21-16-13)17(5)14(18)20-15(2,3)4/h10H,6-9H2,1-5H3. The number of fused-ring (bicyclic) bond motifs is 1. The second kappa shape index (κ2) is 5.95. The molecule has 6 nitrogen and oxygen atoms in total. The van der Waals surface area contributed by atoms with Gasteiger partial charge in [0.2, 0.25) is 0 Å². The summed E-state index contributed by atoms with van der Waals surface area (Å²) < 4.78 is 16.3. The van der Waals surface area contributed by atoms with Crippen LogP contribution in [0.1, 0.15) is 57.9 Å². The van der Waals surface area contributed by atoms with Crippen LogP contribution in [-0.2, 0) is 11.2 Å². The zero-order valence-corrected chi connectivity index (χ0v) is 13.4. The molecule has 1 atom stereocenters. The lowest BCUT2D eigenvalue weighted by molar-refractivity contribution is 0.0201. The summed E-state index contributed by atoms with van der Waals surface area (Å²) in [6, 6.07) is -0.114. The number of carbonyl (C=O) groups excluding carboxylic acids is 1. The highest BCUT2D eigenvalue weighted by atomic mass is 16.6. The number of ether oxygens (including phenoxy) is 2. The van der Waals surface area contributed by atoms with Crippen LogP contribution in [0.4, 0.5) is 4.79 Å². The van der Waals surface area contributed by atoms with Crippen molar-refractivity contribution < 1.29 is 18.8 Å². The van der Waals surface area contributed by atoms with Gasteiger partial charge in [-0.05, 0) is 45.7 Å². The zero-order chi connectivity index (χ0) is 15.6. The minimum Gasteiger partial charge on any atom is -0.476 e. The molecule has 1 unspecified atom stereocenters. The normalized spacial score (nSPS) is 18.0. The van der Waals surface area contributed by atoms with Crippen LogP contribution in [0.15, 0.2) is 4.52 Å². The fraction of sp³-hybridized carbons (Fsp3) is 0.733. The first-order chi connectivity index (χ1) is 9.83. The summed E-state index contributed by atoms with van der Waals surface area (Å²) in [6.07, 6.45) is 2.29. The van der Waals surface area contributed by atoms with E-state index in [1.807, 2.05) is 27.7 Å². The monoisotopic (exact) mass is 296 g/mol. The lowest BCUT2D eigenvalue weighted by Crippen LogP contribution is -2.37. The van der Waals surface area contributed by atoms with Crippen molar-refractivity contribution in [3.8, 4) is 5.88 Å². The molecular weight excluding hydrogens is 272 g/mol. The fourth-order valence-corrected chi connectivity index (χ4v) is 2.51. The number of nitrogens with zero attached hydrogens (tertiary/aromatic N) is 2. The zero-order valence-electron chi connectivity index (χ0n) is 13.4. The topological polar surface area (TPSA) is 64.8 Å².